The van der Waals surface area contributed by atoms with Crippen LogP contribution in [0.4, 0.5) is 5.13 Å². The number of thioether (sulfide) groups is 1. The summed E-state index contributed by atoms with van der Waals surface area (Å²) >= 11 is 2.88. The van der Waals surface area contributed by atoms with E-state index in [1.54, 1.807) is 11.8 Å². The summed E-state index contributed by atoms with van der Waals surface area (Å²) in [6.07, 6.45) is 0. The monoisotopic (exact) mass is 504 g/mol. The van der Waals surface area contributed by atoms with Gasteiger partial charge in [-0.15, -0.1) is 10.2 Å². The predicted molar refractivity (Wildman–Crippen MR) is 129 cm³/mol. The number of nitrogens with zero attached hydrogens (tertiary/aromatic N) is 3. The van der Waals surface area contributed by atoms with Crippen LogP contribution in [0.1, 0.15) is 27.0 Å². The molecule has 33 heavy (non-hydrogen) atoms. The largest absolute Gasteiger partial charge is 0.379 e. The number of hydrogen-bond acceptors (Lipinski definition) is 8. The second-order valence-corrected chi connectivity index (χ2v) is 11.7. The summed E-state index contributed by atoms with van der Waals surface area (Å²) in [5.74, 6) is 0.405. The number of aromatic nitrogens is 2. The van der Waals surface area contributed by atoms with E-state index in [1.807, 2.05) is 0 Å². The van der Waals surface area contributed by atoms with Crippen molar-refractivity contribution in [3.05, 3.63) is 64.7 Å². The van der Waals surface area contributed by atoms with Gasteiger partial charge >= 0.3 is 0 Å². The summed E-state index contributed by atoms with van der Waals surface area (Å²) in [5.41, 5.74) is 4.03. The highest BCUT2D eigenvalue weighted by Crippen LogP contribution is 2.30. The lowest BCUT2D eigenvalue weighted by Gasteiger charge is -2.26. The summed E-state index contributed by atoms with van der Waals surface area (Å²) in [4.78, 5) is 12.7. The molecule has 0 bridgehead atoms. The highest BCUT2D eigenvalue weighted by atomic mass is 32.2. The fourth-order valence-electron chi connectivity index (χ4n) is 3.30. The van der Waals surface area contributed by atoms with Crippen molar-refractivity contribution in [3.8, 4) is 0 Å². The molecule has 2 aromatic carbocycles. The molecule has 1 aromatic heterocycles. The summed E-state index contributed by atoms with van der Waals surface area (Å²) < 4.78 is 32.8. The molecule has 4 rings (SSSR count). The first-order valence-electron chi connectivity index (χ1n) is 10.3. The predicted octanol–water partition coefficient (Wildman–Crippen LogP) is 3.72. The molecule has 2 heterocycles. The van der Waals surface area contributed by atoms with Gasteiger partial charge in [-0.3, -0.25) is 10.1 Å². The van der Waals surface area contributed by atoms with Crippen LogP contribution in [-0.2, 0) is 20.5 Å². The number of carbonyl (C=O) groups excluding carboxylic acids is 1. The van der Waals surface area contributed by atoms with Crippen LogP contribution in [0.15, 0.2) is 51.7 Å². The molecule has 174 valence electrons. The Morgan fingerprint density at radius 3 is 2.58 bits per heavy atom. The number of amides is 1. The molecule has 1 amide bonds. The number of carbonyl (C=O) groups is 1. The van der Waals surface area contributed by atoms with Gasteiger partial charge in [0.15, 0.2) is 4.34 Å². The Balaban J connectivity index is 1.36. The Bertz CT molecular complexity index is 1240. The minimum atomic E-state index is -3.60. The number of hydrogen-bond donors (Lipinski definition) is 1. The highest BCUT2D eigenvalue weighted by Gasteiger charge is 2.26. The van der Waals surface area contributed by atoms with E-state index >= 15 is 0 Å². The third kappa shape index (κ3) is 5.79. The van der Waals surface area contributed by atoms with E-state index in [1.165, 1.54) is 56.6 Å². The van der Waals surface area contributed by atoms with Crippen molar-refractivity contribution < 1.29 is 17.9 Å². The number of sulfonamides is 1. The van der Waals surface area contributed by atoms with Gasteiger partial charge in [-0.05, 0) is 49.2 Å². The van der Waals surface area contributed by atoms with Crippen LogP contribution in [0.2, 0.25) is 0 Å². The van der Waals surface area contributed by atoms with Gasteiger partial charge < -0.3 is 4.74 Å². The van der Waals surface area contributed by atoms with E-state index in [0.29, 0.717) is 37.0 Å². The van der Waals surface area contributed by atoms with Gasteiger partial charge in [0.1, 0.15) is 0 Å². The molecule has 0 saturated carbocycles. The summed E-state index contributed by atoms with van der Waals surface area (Å²) in [6, 6.07) is 12.3. The van der Waals surface area contributed by atoms with Crippen LogP contribution < -0.4 is 5.32 Å². The number of nitrogens with one attached hydrogen (secondary N) is 1. The number of morpholine rings is 1. The lowest BCUT2D eigenvalue weighted by molar-refractivity contribution is 0.0730. The molecule has 1 saturated heterocycles. The molecular weight excluding hydrogens is 480 g/mol. The Hall–Kier alpha value is -2.31. The summed E-state index contributed by atoms with van der Waals surface area (Å²) in [7, 11) is -3.60. The number of ether oxygens (including phenoxy) is 1. The average Bonchev–Trinajstić information content (AvgIpc) is 3.27. The lowest BCUT2D eigenvalue weighted by atomic mass is 10.1. The smallest absolute Gasteiger partial charge is 0.257 e. The zero-order chi connectivity index (χ0) is 23.4. The summed E-state index contributed by atoms with van der Waals surface area (Å²) in [6.45, 7) is 5.56. The Labute approximate surface area is 201 Å². The first kappa shape index (κ1) is 23.8. The van der Waals surface area contributed by atoms with Crippen molar-refractivity contribution in [2.45, 2.75) is 28.8 Å². The third-order valence-electron chi connectivity index (χ3n) is 5.21. The van der Waals surface area contributed by atoms with Crippen molar-refractivity contribution >= 4 is 44.2 Å². The Kier molecular flexibility index (Phi) is 7.45. The van der Waals surface area contributed by atoms with Crippen LogP contribution in [-0.4, -0.2) is 55.1 Å². The minimum Gasteiger partial charge on any atom is -0.379 e. The maximum Gasteiger partial charge on any atom is 0.257 e. The van der Waals surface area contributed by atoms with Crippen molar-refractivity contribution in [2.75, 3.05) is 31.6 Å². The Morgan fingerprint density at radius 2 is 1.85 bits per heavy atom. The molecule has 0 radical (unpaired) electrons. The van der Waals surface area contributed by atoms with Crippen molar-refractivity contribution in [2.24, 2.45) is 0 Å². The van der Waals surface area contributed by atoms with E-state index in [-0.39, 0.29) is 10.8 Å². The maximum absolute atomic E-state index is 12.7. The molecule has 11 heteroatoms. The molecule has 1 aliphatic rings. The molecule has 0 aliphatic carbocycles. The van der Waals surface area contributed by atoms with Crippen molar-refractivity contribution in [1.29, 1.82) is 0 Å². The summed E-state index contributed by atoms with van der Waals surface area (Å²) in [5, 5.41) is 11.3. The van der Waals surface area contributed by atoms with Crippen molar-refractivity contribution in [1.82, 2.24) is 14.5 Å². The second-order valence-electron chi connectivity index (χ2n) is 7.59. The molecule has 0 atom stereocenters. The van der Waals surface area contributed by atoms with Gasteiger partial charge in [-0.1, -0.05) is 46.9 Å². The zero-order valence-electron chi connectivity index (χ0n) is 18.3. The fraction of sp³-hybridized carbons (Fsp3) is 0.318. The van der Waals surface area contributed by atoms with E-state index < -0.39 is 10.0 Å². The molecule has 1 N–H and O–H groups in total. The minimum absolute atomic E-state index is 0.155. The van der Waals surface area contributed by atoms with Gasteiger partial charge in [0.25, 0.3) is 5.91 Å². The van der Waals surface area contributed by atoms with Crippen LogP contribution >= 0.6 is 23.1 Å². The third-order valence-corrected chi connectivity index (χ3v) is 9.14. The molecule has 0 spiro atoms. The van der Waals surface area contributed by atoms with Gasteiger partial charge in [-0.25, -0.2) is 8.42 Å². The first-order valence-corrected chi connectivity index (χ1v) is 13.6. The fourth-order valence-corrected chi connectivity index (χ4v) is 6.52. The quantitative estimate of drug-likeness (QED) is 0.386. The standard InChI is InChI=1S/C22H24N4O4S3/c1-15-3-4-16(2)18(13-15)14-31-22-25-24-21(32-22)23-20(27)17-5-7-19(8-6-17)33(28,29)26-9-11-30-12-10-26/h3-8,13H,9-12,14H2,1-2H3,(H,23,24,27). The number of benzene rings is 2. The molecular formula is C22H24N4O4S3. The maximum atomic E-state index is 12.7. The van der Waals surface area contributed by atoms with Gasteiger partial charge in [0, 0.05) is 24.4 Å². The lowest BCUT2D eigenvalue weighted by Crippen LogP contribution is -2.40. The Morgan fingerprint density at radius 1 is 1.12 bits per heavy atom. The van der Waals surface area contributed by atoms with Gasteiger partial charge in [0.2, 0.25) is 15.2 Å². The van der Waals surface area contributed by atoms with E-state index in [4.69, 9.17) is 4.74 Å². The topological polar surface area (TPSA) is 101 Å². The molecule has 8 nitrogen and oxygen atoms in total. The van der Waals surface area contributed by atoms with Gasteiger partial charge in [-0.2, -0.15) is 4.31 Å². The second kappa shape index (κ2) is 10.3. The first-order chi connectivity index (χ1) is 15.8. The van der Waals surface area contributed by atoms with Crippen molar-refractivity contribution in [3.63, 3.8) is 0 Å². The molecule has 1 aliphatic heterocycles. The van der Waals surface area contributed by atoms with E-state index in [2.05, 4.69) is 47.6 Å². The highest BCUT2D eigenvalue weighted by molar-refractivity contribution is 8.00. The van der Waals surface area contributed by atoms with E-state index in [0.717, 1.165) is 10.1 Å². The van der Waals surface area contributed by atoms with E-state index in [9.17, 15) is 13.2 Å². The average molecular weight is 505 g/mol. The van der Waals surface area contributed by atoms with Crippen LogP contribution in [0.5, 0.6) is 0 Å². The van der Waals surface area contributed by atoms with Gasteiger partial charge in [0.05, 0.1) is 18.1 Å². The number of rotatable bonds is 7. The zero-order valence-corrected chi connectivity index (χ0v) is 20.7. The SMILES string of the molecule is Cc1ccc(C)c(CSc2nnc(NC(=O)c3ccc(S(=O)(=O)N4CCOCC4)cc3)s2)c1. The normalized spacial score (nSPS) is 14.8. The number of anilines is 1. The number of aryl methyl sites for hydroxylation is 2. The van der Waals surface area contributed by atoms with Crippen LogP contribution in [0, 0.1) is 13.8 Å². The molecule has 3 aromatic rings. The molecule has 1 fully saturated rings. The van der Waals surface area contributed by atoms with Crippen LogP contribution in [0.3, 0.4) is 0 Å². The van der Waals surface area contributed by atoms with Crippen LogP contribution in [0.25, 0.3) is 0 Å². The molecule has 0 unspecified atom stereocenters.